The molecule has 1 heterocycles. The highest BCUT2D eigenvalue weighted by Gasteiger charge is 2.19. The fourth-order valence-electron chi connectivity index (χ4n) is 2.44. The van der Waals surface area contributed by atoms with E-state index in [4.69, 9.17) is 9.15 Å². The van der Waals surface area contributed by atoms with Crippen LogP contribution in [-0.2, 0) is 0 Å². The number of nitrogens with zero attached hydrogens (tertiary/aromatic N) is 2. The molecule has 0 saturated carbocycles. The van der Waals surface area contributed by atoms with Crippen LogP contribution < -0.4 is 10.2 Å². The third kappa shape index (κ3) is 2.90. The van der Waals surface area contributed by atoms with E-state index in [-0.39, 0.29) is 22.3 Å². The molecule has 0 aliphatic heterocycles. The molecule has 0 N–H and O–H groups in total. The quantitative estimate of drug-likeness (QED) is 0.526. The van der Waals surface area contributed by atoms with Crippen molar-refractivity contribution in [1.82, 2.24) is 0 Å². The lowest BCUT2D eigenvalue weighted by molar-refractivity contribution is -0.394. The first-order valence-corrected chi connectivity index (χ1v) is 6.96. The van der Waals surface area contributed by atoms with Crippen LogP contribution in [0.5, 0.6) is 5.75 Å². The highest BCUT2D eigenvalue weighted by molar-refractivity contribution is 5.85. The lowest BCUT2D eigenvalue weighted by Gasteiger charge is -2.06. The van der Waals surface area contributed by atoms with Gasteiger partial charge in [0.25, 0.3) is 11.4 Å². The fourth-order valence-corrected chi connectivity index (χ4v) is 2.44. The molecule has 0 bridgehead atoms. The number of nitro benzene ring substituents is 2. The summed E-state index contributed by atoms with van der Waals surface area (Å²) in [6, 6.07) is 8.92. The Balaban J connectivity index is 2.28. The van der Waals surface area contributed by atoms with E-state index in [0.29, 0.717) is 5.75 Å². The predicted molar refractivity (Wildman–Crippen MR) is 87.8 cm³/mol. The second kappa shape index (κ2) is 6.04. The summed E-state index contributed by atoms with van der Waals surface area (Å²) in [6.45, 7) is 0. The molecule has 0 saturated heterocycles. The first-order chi connectivity index (χ1) is 11.9. The van der Waals surface area contributed by atoms with Crippen LogP contribution in [0.4, 0.5) is 11.4 Å². The third-order valence-corrected chi connectivity index (χ3v) is 3.55. The Morgan fingerprint density at radius 2 is 1.64 bits per heavy atom. The van der Waals surface area contributed by atoms with Gasteiger partial charge in [-0.1, -0.05) is 6.07 Å². The number of ether oxygens (including phenoxy) is 1. The van der Waals surface area contributed by atoms with Gasteiger partial charge in [0.15, 0.2) is 5.43 Å². The lowest BCUT2D eigenvalue weighted by atomic mass is 10.1. The summed E-state index contributed by atoms with van der Waals surface area (Å²) in [7, 11) is 1.41. The van der Waals surface area contributed by atoms with Gasteiger partial charge in [0.05, 0.1) is 23.0 Å². The minimum absolute atomic E-state index is 0.0162. The average Bonchev–Trinajstić information content (AvgIpc) is 2.60. The van der Waals surface area contributed by atoms with E-state index in [2.05, 4.69) is 0 Å². The molecule has 9 heteroatoms. The van der Waals surface area contributed by atoms with Crippen LogP contribution in [0.3, 0.4) is 0 Å². The highest BCUT2D eigenvalue weighted by atomic mass is 16.6. The predicted octanol–water partition coefficient (Wildman–Crippen LogP) is 3.29. The van der Waals surface area contributed by atoms with Crippen molar-refractivity contribution < 1.29 is 19.0 Å². The first kappa shape index (κ1) is 16.1. The average molecular weight is 342 g/mol. The van der Waals surface area contributed by atoms with Gasteiger partial charge in [-0.3, -0.25) is 25.0 Å². The number of methoxy groups -OCH3 is 1. The van der Waals surface area contributed by atoms with Crippen molar-refractivity contribution in [2.24, 2.45) is 0 Å². The number of fused-ring (bicyclic) bond motifs is 1. The molecule has 0 spiro atoms. The molecule has 9 nitrogen and oxygen atoms in total. The number of hydrogen-bond acceptors (Lipinski definition) is 7. The van der Waals surface area contributed by atoms with Crippen LogP contribution in [0.1, 0.15) is 0 Å². The van der Waals surface area contributed by atoms with Gasteiger partial charge in [-0.25, -0.2) is 0 Å². The second-order valence-electron chi connectivity index (χ2n) is 5.06. The van der Waals surface area contributed by atoms with Gasteiger partial charge in [-0.15, -0.1) is 0 Å². The highest BCUT2D eigenvalue weighted by Crippen LogP contribution is 2.31. The van der Waals surface area contributed by atoms with E-state index in [1.54, 1.807) is 12.1 Å². The molecule has 25 heavy (non-hydrogen) atoms. The van der Waals surface area contributed by atoms with Gasteiger partial charge in [0.2, 0.25) is 0 Å². The van der Waals surface area contributed by atoms with Crippen molar-refractivity contribution >= 4 is 22.3 Å². The standard InChI is InChI=1S/C16H10N2O7/c1-24-13-3-2-4-14-16(13)12(19)8-15(25-14)9-5-10(17(20)21)7-11(6-9)18(22)23/h2-8H,1H3. The van der Waals surface area contributed by atoms with Crippen LogP contribution in [0, 0.1) is 20.2 Å². The van der Waals surface area contributed by atoms with Crippen molar-refractivity contribution in [1.29, 1.82) is 0 Å². The van der Waals surface area contributed by atoms with E-state index in [1.807, 2.05) is 0 Å². The van der Waals surface area contributed by atoms with Crippen molar-refractivity contribution in [3.63, 3.8) is 0 Å². The molecule has 1 aromatic heterocycles. The topological polar surface area (TPSA) is 126 Å². The summed E-state index contributed by atoms with van der Waals surface area (Å²) < 4.78 is 10.7. The molecule has 0 amide bonds. The summed E-state index contributed by atoms with van der Waals surface area (Å²) in [4.78, 5) is 32.9. The minimum Gasteiger partial charge on any atom is -0.496 e. The number of non-ortho nitro benzene ring substituents is 2. The Morgan fingerprint density at radius 1 is 1.00 bits per heavy atom. The zero-order chi connectivity index (χ0) is 18.1. The lowest BCUT2D eigenvalue weighted by Crippen LogP contribution is -2.03. The van der Waals surface area contributed by atoms with Crippen LogP contribution in [0.25, 0.3) is 22.3 Å². The molecule has 0 aliphatic rings. The summed E-state index contributed by atoms with van der Waals surface area (Å²) >= 11 is 0. The molecule has 126 valence electrons. The first-order valence-electron chi connectivity index (χ1n) is 6.96. The maximum absolute atomic E-state index is 12.4. The van der Waals surface area contributed by atoms with Gasteiger partial charge in [-0.05, 0) is 12.1 Å². The van der Waals surface area contributed by atoms with E-state index >= 15 is 0 Å². The molecule has 0 aliphatic carbocycles. The van der Waals surface area contributed by atoms with Gasteiger partial charge >= 0.3 is 0 Å². The molecular formula is C16H10N2O7. The monoisotopic (exact) mass is 342 g/mol. The maximum atomic E-state index is 12.4. The Hall–Kier alpha value is -3.75. The molecule has 2 aromatic carbocycles. The second-order valence-corrected chi connectivity index (χ2v) is 5.06. The minimum atomic E-state index is -0.751. The van der Waals surface area contributed by atoms with Crippen molar-refractivity contribution in [2.45, 2.75) is 0 Å². The summed E-state index contributed by atoms with van der Waals surface area (Å²) in [5, 5.41) is 22.2. The third-order valence-electron chi connectivity index (χ3n) is 3.55. The number of hydrogen-bond donors (Lipinski definition) is 0. The van der Waals surface area contributed by atoms with Crippen LogP contribution in [0.15, 0.2) is 51.7 Å². The Kier molecular flexibility index (Phi) is 3.89. The van der Waals surface area contributed by atoms with E-state index < -0.39 is 26.7 Å². The Morgan fingerprint density at radius 3 is 2.20 bits per heavy atom. The maximum Gasteiger partial charge on any atom is 0.277 e. The normalized spacial score (nSPS) is 10.6. The van der Waals surface area contributed by atoms with Crippen molar-refractivity contribution in [3.05, 3.63) is 72.9 Å². The largest absolute Gasteiger partial charge is 0.496 e. The zero-order valence-electron chi connectivity index (χ0n) is 12.8. The summed E-state index contributed by atoms with van der Waals surface area (Å²) in [5.74, 6) is 0.306. The van der Waals surface area contributed by atoms with Crippen LogP contribution in [0.2, 0.25) is 0 Å². The number of benzene rings is 2. The van der Waals surface area contributed by atoms with Crippen molar-refractivity contribution in [3.8, 4) is 17.1 Å². The molecule has 0 radical (unpaired) electrons. The van der Waals surface area contributed by atoms with E-state index in [9.17, 15) is 25.0 Å². The van der Waals surface area contributed by atoms with E-state index in [0.717, 1.165) is 24.3 Å². The summed E-state index contributed by atoms with van der Waals surface area (Å²) in [5.41, 5.74) is -1.11. The Bertz CT molecular complexity index is 1040. The van der Waals surface area contributed by atoms with Crippen LogP contribution >= 0.6 is 0 Å². The van der Waals surface area contributed by atoms with Gasteiger partial charge < -0.3 is 9.15 Å². The van der Waals surface area contributed by atoms with Crippen LogP contribution in [-0.4, -0.2) is 17.0 Å². The smallest absolute Gasteiger partial charge is 0.277 e. The zero-order valence-corrected chi connectivity index (χ0v) is 12.8. The molecule has 3 aromatic rings. The van der Waals surface area contributed by atoms with Gasteiger partial charge in [-0.2, -0.15) is 0 Å². The number of nitro groups is 2. The van der Waals surface area contributed by atoms with E-state index in [1.165, 1.54) is 13.2 Å². The van der Waals surface area contributed by atoms with Gasteiger partial charge in [0.1, 0.15) is 22.5 Å². The SMILES string of the molecule is COc1cccc2oc(-c3cc([N+](=O)[O-])cc([N+](=O)[O-])c3)cc(=O)c12. The Labute approximate surface area is 139 Å². The fraction of sp³-hybridized carbons (Fsp3) is 0.0625. The molecule has 0 atom stereocenters. The number of rotatable bonds is 4. The molecule has 0 fully saturated rings. The molecule has 0 unspecified atom stereocenters. The van der Waals surface area contributed by atoms with Gasteiger partial charge in [0, 0.05) is 23.8 Å². The summed E-state index contributed by atoms with van der Waals surface area (Å²) in [6.07, 6.45) is 0. The molecular weight excluding hydrogens is 332 g/mol. The molecule has 3 rings (SSSR count). The van der Waals surface area contributed by atoms with Crippen molar-refractivity contribution in [2.75, 3.05) is 7.11 Å².